The molecular formula is C18H25N2O6P. The van der Waals surface area contributed by atoms with Gasteiger partial charge in [-0.2, -0.15) is 5.10 Å². The maximum absolute atomic E-state index is 12.8. The Bertz CT molecular complexity index is 838. The summed E-state index contributed by atoms with van der Waals surface area (Å²) >= 11 is 0. The molecular weight excluding hydrogens is 371 g/mol. The van der Waals surface area contributed by atoms with Crippen molar-refractivity contribution in [2.75, 3.05) is 19.8 Å². The van der Waals surface area contributed by atoms with E-state index in [1.54, 1.807) is 46.8 Å². The number of carbonyl (C=O) groups excluding carboxylic acids is 1. The number of aromatic nitrogens is 2. The van der Waals surface area contributed by atoms with Crippen molar-refractivity contribution in [3.05, 3.63) is 34.7 Å². The first kappa shape index (κ1) is 21.3. The molecule has 2 aromatic rings. The van der Waals surface area contributed by atoms with Crippen LogP contribution < -0.4 is 0 Å². The molecule has 0 atom stereocenters. The Morgan fingerprint density at radius 2 is 1.74 bits per heavy atom. The summed E-state index contributed by atoms with van der Waals surface area (Å²) in [6, 6.07) is 3.29. The van der Waals surface area contributed by atoms with Crippen molar-refractivity contribution >= 4 is 13.6 Å². The largest absolute Gasteiger partial charge is 0.462 e. The minimum atomic E-state index is -3.26. The van der Waals surface area contributed by atoms with E-state index in [1.165, 1.54) is 0 Å². The summed E-state index contributed by atoms with van der Waals surface area (Å²) in [6.07, 6.45) is 0.0913. The number of aryl methyl sites for hydroxylation is 2. The van der Waals surface area contributed by atoms with Crippen LogP contribution in [0.5, 0.6) is 0 Å². The Morgan fingerprint density at radius 3 is 2.33 bits per heavy atom. The molecule has 27 heavy (non-hydrogen) atoms. The fraction of sp³-hybridized carbons (Fsp3) is 0.500. The standard InChI is InChI=1S/C18H25N2O6P/c1-6-23-18(21)15-10-16(20-19-12(15)4)17-9-14(13(5)26-17)11-27(22,24-7-2)25-8-3/h9-10H,6-8,11H2,1-5H3. The van der Waals surface area contributed by atoms with Crippen LogP contribution in [0.15, 0.2) is 16.5 Å². The molecule has 0 aliphatic carbocycles. The molecule has 2 rings (SSSR count). The van der Waals surface area contributed by atoms with Gasteiger partial charge in [-0.25, -0.2) is 4.79 Å². The molecule has 2 aromatic heterocycles. The van der Waals surface area contributed by atoms with Crippen molar-refractivity contribution in [1.82, 2.24) is 10.2 Å². The van der Waals surface area contributed by atoms with Crippen LogP contribution in [0.25, 0.3) is 11.5 Å². The third-order valence-corrected chi connectivity index (χ3v) is 5.79. The Morgan fingerprint density at radius 1 is 1.07 bits per heavy atom. The molecule has 0 aliphatic rings. The summed E-state index contributed by atoms with van der Waals surface area (Å²) in [4.78, 5) is 12.1. The van der Waals surface area contributed by atoms with Crippen LogP contribution in [0.4, 0.5) is 0 Å². The van der Waals surface area contributed by atoms with Crippen LogP contribution >= 0.6 is 7.60 Å². The average Bonchev–Trinajstić information content (AvgIpc) is 2.96. The second-order valence-electron chi connectivity index (χ2n) is 5.75. The van der Waals surface area contributed by atoms with E-state index in [0.717, 1.165) is 0 Å². The number of nitrogens with zero attached hydrogens (tertiary/aromatic N) is 2. The Balaban J connectivity index is 2.34. The molecule has 0 N–H and O–H groups in total. The van der Waals surface area contributed by atoms with Gasteiger partial charge in [0.05, 0.1) is 37.2 Å². The van der Waals surface area contributed by atoms with E-state index >= 15 is 0 Å². The second-order valence-corrected chi connectivity index (χ2v) is 7.80. The number of furan rings is 1. The third-order valence-electron chi connectivity index (χ3n) is 3.76. The molecule has 148 valence electrons. The van der Waals surface area contributed by atoms with E-state index < -0.39 is 13.6 Å². The Kier molecular flexibility index (Phi) is 7.30. The fourth-order valence-corrected chi connectivity index (χ4v) is 4.30. The predicted octanol–water partition coefficient (Wildman–Crippen LogP) is 4.30. The van der Waals surface area contributed by atoms with Gasteiger partial charge in [0.15, 0.2) is 5.76 Å². The van der Waals surface area contributed by atoms with Gasteiger partial charge in [0.1, 0.15) is 11.5 Å². The molecule has 0 aliphatic heterocycles. The maximum atomic E-state index is 12.8. The van der Waals surface area contributed by atoms with Gasteiger partial charge in [-0.1, -0.05) is 0 Å². The van der Waals surface area contributed by atoms with Gasteiger partial charge in [-0.3, -0.25) is 4.57 Å². The highest BCUT2D eigenvalue weighted by Gasteiger charge is 2.27. The number of hydrogen-bond donors (Lipinski definition) is 0. The Labute approximate surface area is 158 Å². The molecule has 8 nitrogen and oxygen atoms in total. The van der Waals surface area contributed by atoms with E-state index in [4.69, 9.17) is 18.2 Å². The van der Waals surface area contributed by atoms with Gasteiger partial charge in [-0.05, 0) is 46.8 Å². The van der Waals surface area contributed by atoms with Crippen LogP contribution in [-0.4, -0.2) is 36.0 Å². The highest BCUT2D eigenvalue weighted by atomic mass is 31.2. The minimum Gasteiger partial charge on any atom is -0.462 e. The normalized spacial score (nSPS) is 11.6. The lowest BCUT2D eigenvalue weighted by Crippen LogP contribution is -2.09. The average molecular weight is 396 g/mol. The topological polar surface area (TPSA) is 101 Å². The van der Waals surface area contributed by atoms with Crippen molar-refractivity contribution in [2.24, 2.45) is 0 Å². The molecule has 0 fully saturated rings. The third kappa shape index (κ3) is 5.25. The van der Waals surface area contributed by atoms with Crippen molar-refractivity contribution in [3.63, 3.8) is 0 Å². The number of ether oxygens (including phenoxy) is 1. The van der Waals surface area contributed by atoms with Crippen molar-refractivity contribution in [2.45, 2.75) is 40.8 Å². The van der Waals surface area contributed by atoms with Crippen molar-refractivity contribution in [3.8, 4) is 11.5 Å². The molecule has 0 radical (unpaired) electrons. The predicted molar refractivity (Wildman–Crippen MR) is 99.7 cm³/mol. The maximum Gasteiger partial charge on any atom is 0.340 e. The van der Waals surface area contributed by atoms with Gasteiger partial charge in [0.25, 0.3) is 0 Å². The van der Waals surface area contributed by atoms with Gasteiger partial charge in [0, 0.05) is 5.56 Å². The van der Waals surface area contributed by atoms with Gasteiger partial charge >= 0.3 is 13.6 Å². The van der Waals surface area contributed by atoms with E-state index in [0.29, 0.717) is 34.0 Å². The van der Waals surface area contributed by atoms with Crippen LogP contribution in [0.2, 0.25) is 0 Å². The van der Waals surface area contributed by atoms with E-state index in [-0.39, 0.29) is 26.0 Å². The van der Waals surface area contributed by atoms with Crippen LogP contribution in [0.1, 0.15) is 48.1 Å². The summed E-state index contributed by atoms with van der Waals surface area (Å²) in [5, 5.41) is 8.11. The molecule has 0 bridgehead atoms. The van der Waals surface area contributed by atoms with E-state index in [9.17, 15) is 9.36 Å². The zero-order valence-electron chi connectivity index (χ0n) is 16.3. The zero-order chi connectivity index (χ0) is 20.0. The number of esters is 1. The van der Waals surface area contributed by atoms with Crippen LogP contribution in [0.3, 0.4) is 0 Å². The lowest BCUT2D eigenvalue weighted by molar-refractivity contribution is 0.0524. The lowest BCUT2D eigenvalue weighted by Gasteiger charge is -2.16. The highest BCUT2D eigenvalue weighted by Crippen LogP contribution is 2.52. The Hall–Kier alpha value is -2.02. The smallest absolute Gasteiger partial charge is 0.340 e. The number of carbonyl (C=O) groups is 1. The molecule has 0 amide bonds. The summed E-state index contributed by atoms with van der Waals surface area (Å²) < 4.78 is 34.2. The molecule has 0 spiro atoms. The molecule has 0 saturated carbocycles. The monoisotopic (exact) mass is 396 g/mol. The quantitative estimate of drug-likeness (QED) is 0.457. The summed E-state index contributed by atoms with van der Waals surface area (Å²) in [5.74, 6) is 0.525. The van der Waals surface area contributed by atoms with Gasteiger partial charge < -0.3 is 18.2 Å². The first-order chi connectivity index (χ1) is 12.8. The molecule has 0 unspecified atom stereocenters. The second kappa shape index (κ2) is 9.26. The van der Waals surface area contributed by atoms with E-state index in [2.05, 4.69) is 10.2 Å². The molecule has 0 saturated heterocycles. The van der Waals surface area contributed by atoms with Crippen LogP contribution in [0, 0.1) is 13.8 Å². The van der Waals surface area contributed by atoms with Crippen LogP contribution in [-0.2, 0) is 24.5 Å². The minimum absolute atomic E-state index is 0.0913. The van der Waals surface area contributed by atoms with Gasteiger partial charge in [0.2, 0.25) is 0 Å². The van der Waals surface area contributed by atoms with Gasteiger partial charge in [-0.15, -0.1) is 5.10 Å². The first-order valence-electron chi connectivity index (χ1n) is 8.82. The number of hydrogen-bond acceptors (Lipinski definition) is 8. The molecule has 0 aromatic carbocycles. The first-order valence-corrected chi connectivity index (χ1v) is 10.6. The SMILES string of the molecule is CCOC(=O)c1cc(-c2cc(CP(=O)(OCC)OCC)c(C)o2)nnc1C. The number of rotatable bonds is 9. The summed E-state index contributed by atoms with van der Waals surface area (Å²) in [6.45, 7) is 9.54. The zero-order valence-corrected chi connectivity index (χ0v) is 17.2. The molecule has 2 heterocycles. The fourth-order valence-electron chi connectivity index (χ4n) is 2.52. The molecule has 9 heteroatoms. The van der Waals surface area contributed by atoms with Crippen molar-refractivity contribution < 1.29 is 27.6 Å². The van der Waals surface area contributed by atoms with Crippen molar-refractivity contribution in [1.29, 1.82) is 0 Å². The van der Waals surface area contributed by atoms with E-state index in [1.807, 2.05) is 0 Å². The lowest BCUT2D eigenvalue weighted by atomic mass is 10.1. The summed E-state index contributed by atoms with van der Waals surface area (Å²) in [7, 11) is -3.26. The summed E-state index contributed by atoms with van der Waals surface area (Å²) in [5.41, 5.74) is 1.88. The highest BCUT2D eigenvalue weighted by molar-refractivity contribution is 7.53.